The summed E-state index contributed by atoms with van der Waals surface area (Å²) in [6.45, 7) is 0.595. The van der Waals surface area contributed by atoms with Crippen LogP contribution in [-0.4, -0.2) is 11.5 Å². The highest BCUT2D eigenvalue weighted by Gasteiger charge is 2.18. The van der Waals surface area contributed by atoms with Gasteiger partial charge in [-0.25, -0.2) is 0 Å². The van der Waals surface area contributed by atoms with Gasteiger partial charge in [0.1, 0.15) is 17.3 Å². The summed E-state index contributed by atoms with van der Waals surface area (Å²) in [5.41, 5.74) is 0.269. The summed E-state index contributed by atoms with van der Waals surface area (Å²) in [5.74, 6) is 2.54. The van der Waals surface area contributed by atoms with Gasteiger partial charge in [-0.1, -0.05) is 6.07 Å². The highest BCUT2D eigenvalue weighted by atomic mass is 16.6. The summed E-state index contributed by atoms with van der Waals surface area (Å²) < 4.78 is 0. The molecule has 5 nitrogen and oxygen atoms in total. The third-order valence-corrected chi connectivity index (χ3v) is 2.40. The molecule has 0 saturated carbocycles. The molecule has 0 aliphatic carbocycles. The van der Waals surface area contributed by atoms with Crippen molar-refractivity contribution in [2.45, 2.75) is 19.3 Å². The Bertz CT molecular complexity index is 512. The first-order valence-electron chi connectivity index (χ1n) is 5.55. The van der Waals surface area contributed by atoms with Gasteiger partial charge in [0.2, 0.25) is 0 Å². The monoisotopic (exact) mass is 243 g/mol. The van der Waals surface area contributed by atoms with Crippen molar-refractivity contribution >= 4 is 11.4 Å². The quantitative estimate of drug-likeness (QED) is 0.360. The van der Waals surface area contributed by atoms with Crippen LogP contribution < -0.4 is 5.32 Å². The summed E-state index contributed by atoms with van der Waals surface area (Å²) in [6.07, 6.45) is 7.53. The van der Waals surface area contributed by atoms with Crippen LogP contribution >= 0.6 is 0 Å². The summed E-state index contributed by atoms with van der Waals surface area (Å²) in [7, 11) is 0. The average Bonchev–Trinajstić information content (AvgIpc) is 2.37. The van der Waals surface area contributed by atoms with Gasteiger partial charge in [0.25, 0.3) is 0 Å². The number of nitriles is 1. The highest BCUT2D eigenvalue weighted by Crippen LogP contribution is 2.27. The number of hydrogen-bond acceptors (Lipinski definition) is 4. The molecule has 1 rings (SSSR count). The number of nitrogens with zero attached hydrogens (tertiary/aromatic N) is 2. The lowest BCUT2D eigenvalue weighted by atomic mass is 10.1. The number of nitrogens with one attached hydrogen (secondary N) is 1. The molecule has 0 heterocycles. The molecule has 0 fully saturated rings. The normalized spacial score (nSPS) is 9.22. The van der Waals surface area contributed by atoms with Gasteiger partial charge in [0, 0.05) is 13.0 Å². The van der Waals surface area contributed by atoms with E-state index in [1.807, 2.05) is 6.07 Å². The van der Waals surface area contributed by atoms with Crippen molar-refractivity contribution in [3.05, 3.63) is 33.9 Å². The fourth-order valence-corrected chi connectivity index (χ4v) is 1.55. The van der Waals surface area contributed by atoms with Gasteiger partial charge >= 0.3 is 5.69 Å². The van der Waals surface area contributed by atoms with Crippen LogP contribution in [0.4, 0.5) is 11.4 Å². The zero-order valence-electron chi connectivity index (χ0n) is 9.85. The van der Waals surface area contributed by atoms with Crippen molar-refractivity contribution < 1.29 is 4.92 Å². The van der Waals surface area contributed by atoms with Gasteiger partial charge in [-0.3, -0.25) is 10.1 Å². The third kappa shape index (κ3) is 3.50. The Kier molecular flexibility index (Phi) is 5.21. The second-order valence-corrected chi connectivity index (χ2v) is 3.66. The number of rotatable bonds is 6. The number of nitro benzene ring substituents is 1. The zero-order valence-corrected chi connectivity index (χ0v) is 9.85. The number of terminal acetylenes is 1. The highest BCUT2D eigenvalue weighted by molar-refractivity contribution is 5.68. The van der Waals surface area contributed by atoms with Crippen molar-refractivity contribution in [3.8, 4) is 18.4 Å². The smallest absolute Gasteiger partial charge is 0.309 e. The first-order valence-corrected chi connectivity index (χ1v) is 5.55. The predicted octanol–water partition coefficient (Wildman–Crippen LogP) is 2.68. The molecule has 0 bridgehead atoms. The minimum Gasteiger partial charge on any atom is -0.379 e. The van der Waals surface area contributed by atoms with Gasteiger partial charge < -0.3 is 5.32 Å². The Morgan fingerprint density at radius 3 is 2.83 bits per heavy atom. The SMILES string of the molecule is C#CCCCCNc1cccc(C#N)c1[N+](=O)[O-]. The molecule has 0 atom stereocenters. The summed E-state index contributed by atoms with van der Waals surface area (Å²) >= 11 is 0. The molecule has 92 valence electrons. The van der Waals surface area contributed by atoms with E-state index in [4.69, 9.17) is 11.7 Å². The third-order valence-electron chi connectivity index (χ3n) is 2.40. The second kappa shape index (κ2) is 6.93. The molecule has 0 radical (unpaired) electrons. The molecule has 1 aromatic rings. The molecule has 0 aliphatic heterocycles. The van der Waals surface area contributed by atoms with Crippen LogP contribution in [0.15, 0.2) is 18.2 Å². The van der Waals surface area contributed by atoms with Crippen LogP contribution in [0.2, 0.25) is 0 Å². The van der Waals surface area contributed by atoms with Gasteiger partial charge in [-0.2, -0.15) is 5.26 Å². The Labute approximate surface area is 106 Å². The van der Waals surface area contributed by atoms with E-state index in [9.17, 15) is 10.1 Å². The van der Waals surface area contributed by atoms with Crippen LogP contribution in [0.5, 0.6) is 0 Å². The van der Waals surface area contributed by atoms with Crippen LogP contribution in [-0.2, 0) is 0 Å². The fourth-order valence-electron chi connectivity index (χ4n) is 1.55. The van der Waals surface area contributed by atoms with E-state index in [1.54, 1.807) is 12.1 Å². The summed E-state index contributed by atoms with van der Waals surface area (Å²) in [4.78, 5) is 10.4. The zero-order chi connectivity index (χ0) is 13.4. The number of hydrogen-bond donors (Lipinski definition) is 1. The molecule has 1 N–H and O–H groups in total. The fraction of sp³-hybridized carbons (Fsp3) is 0.308. The van der Waals surface area contributed by atoms with E-state index < -0.39 is 4.92 Å². The lowest BCUT2D eigenvalue weighted by Gasteiger charge is -2.07. The van der Waals surface area contributed by atoms with E-state index in [-0.39, 0.29) is 11.3 Å². The van der Waals surface area contributed by atoms with Crippen molar-refractivity contribution in [1.82, 2.24) is 0 Å². The van der Waals surface area contributed by atoms with Crippen LogP contribution in [0.1, 0.15) is 24.8 Å². The van der Waals surface area contributed by atoms with E-state index in [2.05, 4.69) is 11.2 Å². The van der Waals surface area contributed by atoms with E-state index >= 15 is 0 Å². The Balaban J connectivity index is 2.74. The predicted molar refractivity (Wildman–Crippen MR) is 69.0 cm³/mol. The minimum absolute atomic E-state index is 0.0635. The Morgan fingerprint density at radius 1 is 1.44 bits per heavy atom. The maximum atomic E-state index is 10.9. The maximum Gasteiger partial charge on any atom is 0.309 e. The standard InChI is InChI=1S/C13H13N3O2/c1-2-3-4-5-9-15-12-8-6-7-11(10-14)13(12)16(17)18/h1,6-8,15H,3-5,9H2. The second-order valence-electron chi connectivity index (χ2n) is 3.66. The van der Waals surface area contributed by atoms with E-state index in [0.717, 1.165) is 12.8 Å². The molecule has 0 spiro atoms. The van der Waals surface area contributed by atoms with Crippen LogP contribution in [0.3, 0.4) is 0 Å². The number of unbranched alkanes of at least 4 members (excludes halogenated alkanes) is 2. The molecule has 18 heavy (non-hydrogen) atoms. The first-order chi connectivity index (χ1) is 8.70. The van der Waals surface area contributed by atoms with E-state index in [0.29, 0.717) is 18.7 Å². The lowest BCUT2D eigenvalue weighted by Crippen LogP contribution is -2.05. The molecular weight excluding hydrogens is 230 g/mol. The van der Waals surface area contributed by atoms with Gasteiger partial charge in [0.05, 0.1) is 4.92 Å². The largest absolute Gasteiger partial charge is 0.379 e. The van der Waals surface area contributed by atoms with Gasteiger partial charge in [0.15, 0.2) is 0 Å². The van der Waals surface area contributed by atoms with Crippen LogP contribution in [0.25, 0.3) is 0 Å². The molecule has 0 aromatic heterocycles. The Hall–Kier alpha value is -2.53. The first kappa shape index (κ1) is 13.5. The Morgan fingerprint density at radius 2 is 2.22 bits per heavy atom. The average molecular weight is 243 g/mol. The summed E-state index contributed by atoms with van der Waals surface area (Å²) in [5, 5.41) is 22.7. The molecule has 0 aliphatic rings. The number of benzene rings is 1. The topological polar surface area (TPSA) is 79.0 Å². The molecule has 0 amide bonds. The van der Waals surface area contributed by atoms with Crippen molar-refractivity contribution in [3.63, 3.8) is 0 Å². The van der Waals surface area contributed by atoms with Gasteiger partial charge in [-0.15, -0.1) is 12.3 Å². The van der Waals surface area contributed by atoms with Crippen molar-refractivity contribution in [2.24, 2.45) is 0 Å². The lowest BCUT2D eigenvalue weighted by molar-refractivity contribution is -0.384. The summed E-state index contributed by atoms with van der Waals surface area (Å²) in [6, 6.07) is 6.47. The maximum absolute atomic E-state index is 10.9. The van der Waals surface area contributed by atoms with Crippen molar-refractivity contribution in [2.75, 3.05) is 11.9 Å². The molecule has 0 unspecified atom stereocenters. The van der Waals surface area contributed by atoms with Crippen molar-refractivity contribution in [1.29, 1.82) is 5.26 Å². The molecule has 0 saturated heterocycles. The molecule has 5 heteroatoms. The number of anilines is 1. The van der Waals surface area contributed by atoms with Gasteiger partial charge in [-0.05, 0) is 25.0 Å². The number of para-hydroxylation sites is 1. The van der Waals surface area contributed by atoms with Crippen LogP contribution in [0, 0.1) is 33.8 Å². The molecular formula is C13H13N3O2. The minimum atomic E-state index is -0.539. The molecule has 1 aromatic carbocycles. The number of nitro groups is 1. The van der Waals surface area contributed by atoms with E-state index in [1.165, 1.54) is 6.07 Å².